The highest BCUT2D eigenvalue weighted by molar-refractivity contribution is 7.25. The molecule has 0 unspecified atom stereocenters. The number of ether oxygens (including phenoxy) is 3. The number of pyridine rings is 1. The zero-order valence-electron chi connectivity index (χ0n) is 16.5. The van der Waals surface area contributed by atoms with E-state index in [4.69, 9.17) is 19.2 Å². The van der Waals surface area contributed by atoms with E-state index in [2.05, 4.69) is 20.3 Å². The van der Waals surface area contributed by atoms with E-state index < -0.39 is 0 Å². The molecule has 4 rings (SSSR count). The first-order valence-corrected chi connectivity index (χ1v) is 10.3. The Morgan fingerprint density at radius 2 is 1.68 bits per heavy atom. The molecule has 0 saturated heterocycles. The highest BCUT2D eigenvalue weighted by Crippen LogP contribution is 2.42. The van der Waals surface area contributed by atoms with Crippen LogP contribution in [0.4, 0.5) is 5.82 Å². The van der Waals surface area contributed by atoms with E-state index in [0.717, 1.165) is 52.2 Å². The summed E-state index contributed by atoms with van der Waals surface area (Å²) in [7, 11) is 5.06. The molecule has 150 valence electrons. The average Bonchev–Trinajstić information content (AvgIpc) is 3.12. The van der Waals surface area contributed by atoms with E-state index in [1.54, 1.807) is 32.7 Å². The lowest BCUT2D eigenvalue weighted by Gasteiger charge is -2.28. The first kappa shape index (κ1) is 19.2. The molecule has 0 spiro atoms. The van der Waals surface area contributed by atoms with Gasteiger partial charge in [0.2, 0.25) is 0 Å². The molecule has 0 N–H and O–H groups in total. The maximum absolute atomic E-state index is 5.41. The lowest BCUT2D eigenvalue weighted by atomic mass is 9.90. The van der Waals surface area contributed by atoms with Crippen LogP contribution in [0.2, 0.25) is 0 Å². The summed E-state index contributed by atoms with van der Waals surface area (Å²) < 4.78 is 17.0. The second-order valence-corrected chi connectivity index (χ2v) is 7.83. The SMILES string of the molecule is COCCN(CCOC)c1nc2sc3c(OC)nnnc3c2c2c1CCCC2. The number of hydrogen-bond acceptors (Lipinski definition) is 9. The van der Waals surface area contributed by atoms with Gasteiger partial charge in [0.15, 0.2) is 0 Å². The maximum Gasteiger partial charge on any atom is 0.254 e. The molecule has 8 nitrogen and oxygen atoms in total. The van der Waals surface area contributed by atoms with Crippen LogP contribution in [0, 0.1) is 0 Å². The molecule has 0 aromatic carbocycles. The number of aromatic nitrogens is 4. The summed E-state index contributed by atoms with van der Waals surface area (Å²) in [6.45, 7) is 2.85. The van der Waals surface area contributed by atoms with E-state index >= 15 is 0 Å². The van der Waals surface area contributed by atoms with Crippen molar-refractivity contribution >= 4 is 37.6 Å². The molecular formula is C19H25N5O3S. The minimum atomic E-state index is 0.509. The molecule has 0 saturated carbocycles. The van der Waals surface area contributed by atoms with Crippen LogP contribution in [0.15, 0.2) is 0 Å². The summed E-state index contributed by atoms with van der Waals surface area (Å²) in [5.74, 6) is 1.55. The molecule has 0 radical (unpaired) electrons. The second kappa shape index (κ2) is 8.50. The summed E-state index contributed by atoms with van der Waals surface area (Å²) in [5.41, 5.74) is 3.52. The molecule has 0 atom stereocenters. The van der Waals surface area contributed by atoms with Gasteiger partial charge in [0.1, 0.15) is 20.9 Å². The predicted octanol–water partition coefficient (Wildman–Crippen LogP) is 2.62. The van der Waals surface area contributed by atoms with Crippen molar-refractivity contribution in [3.8, 4) is 5.88 Å². The van der Waals surface area contributed by atoms with Crippen LogP contribution in [0.3, 0.4) is 0 Å². The zero-order chi connectivity index (χ0) is 19.5. The fraction of sp³-hybridized carbons (Fsp3) is 0.579. The van der Waals surface area contributed by atoms with Crippen LogP contribution < -0.4 is 9.64 Å². The molecule has 1 aliphatic rings. The molecular weight excluding hydrogens is 378 g/mol. The van der Waals surface area contributed by atoms with Crippen molar-refractivity contribution in [2.24, 2.45) is 0 Å². The minimum Gasteiger partial charge on any atom is -0.479 e. The summed E-state index contributed by atoms with van der Waals surface area (Å²) in [6, 6.07) is 0. The molecule has 0 amide bonds. The van der Waals surface area contributed by atoms with E-state index in [0.29, 0.717) is 19.1 Å². The molecule has 0 fully saturated rings. The number of anilines is 1. The predicted molar refractivity (Wildman–Crippen MR) is 110 cm³/mol. The maximum atomic E-state index is 5.41. The molecule has 3 aromatic heterocycles. The van der Waals surface area contributed by atoms with E-state index in [1.165, 1.54) is 24.0 Å². The van der Waals surface area contributed by atoms with Gasteiger partial charge < -0.3 is 19.1 Å². The van der Waals surface area contributed by atoms with Crippen molar-refractivity contribution in [2.45, 2.75) is 25.7 Å². The van der Waals surface area contributed by atoms with Crippen LogP contribution in [0.5, 0.6) is 5.88 Å². The van der Waals surface area contributed by atoms with Crippen molar-refractivity contribution in [3.63, 3.8) is 0 Å². The fourth-order valence-electron chi connectivity index (χ4n) is 3.87. The van der Waals surface area contributed by atoms with Gasteiger partial charge in [-0.25, -0.2) is 4.98 Å². The Balaban J connectivity index is 1.92. The standard InChI is InChI=1S/C19H25N5O3S/c1-25-10-8-24(9-11-26-2)17-13-7-5-4-6-12(13)14-15-16(28-19(14)20-17)18(27-3)22-23-21-15/h4-11H2,1-3H3. The molecule has 3 aromatic rings. The molecule has 9 heteroatoms. The summed E-state index contributed by atoms with van der Waals surface area (Å²) >= 11 is 1.57. The molecule has 0 bridgehead atoms. The number of methoxy groups -OCH3 is 3. The van der Waals surface area contributed by atoms with Crippen LogP contribution >= 0.6 is 11.3 Å². The number of thiophene rings is 1. The van der Waals surface area contributed by atoms with Gasteiger partial charge in [-0.15, -0.1) is 16.4 Å². The van der Waals surface area contributed by atoms with Gasteiger partial charge in [-0.1, -0.05) is 5.10 Å². The van der Waals surface area contributed by atoms with Crippen molar-refractivity contribution in [1.29, 1.82) is 0 Å². The van der Waals surface area contributed by atoms with Gasteiger partial charge in [0.25, 0.3) is 5.88 Å². The Kier molecular flexibility index (Phi) is 5.84. The normalized spacial score (nSPS) is 13.8. The van der Waals surface area contributed by atoms with Gasteiger partial charge in [0.05, 0.1) is 20.3 Å². The topological polar surface area (TPSA) is 82.5 Å². The highest BCUT2D eigenvalue weighted by Gasteiger charge is 2.26. The number of hydrogen-bond donors (Lipinski definition) is 0. The number of aryl methyl sites for hydroxylation is 1. The average molecular weight is 404 g/mol. The van der Waals surface area contributed by atoms with E-state index in [9.17, 15) is 0 Å². The van der Waals surface area contributed by atoms with Crippen molar-refractivity contribution in [2.75, 3.05) is 52.5 Å². The third-order valence-electron chi connectivity index (χ3n) is 5.21. The summed E-state index contributed by atoms with van der Waals surface area (Å²) in [5, 5.41) is 13.4. The Bertz CT molecular complexity index is 969. The van der Waals surface area contributed by atoms with Gasteiger partial charge >= 0.3 is 0 Å². The van der Waals surface area contributed by atoms with Gasteiger partial charge in [-0.3, -0.25) is 0 Å². The number of nitrogens with zero attached hydrogens (tertiary/aromatic N) is 5. The lowest BCUT2D eigenvalue weighted by molar-refractivity contribution is 0.190. The third kappa shape index (κ3) is 3.38. The quantitative estimate of drug-likeness (QED) is 0.568. The van der Waals surface area contributed by atoms with E-state index in [1.807, 2.05) is 0 Å². The molecule has 0 aliphatic heterocycles. The number of fused-ring (bicyclic) bond motifs is 5. The van der Waals surface area contributed by atoms with Crippen molar-refractivity contribution < 1.29 is 14.2 Å². The Labute approximate surface area is 167 Å². The van der Waals surface area contributed by atoms with Crippen LogP contribution in [-0.4, -0.2) is 68.0 Å². The lowest BCUT2D eigenvalue weighted by Crippen LogP contribution is -2.33. The van der Waals surface area contributed by atoms with Gasteiger partial charge in [-0.2, -0.15) is 0 Å². The second-order valence-electron chi connectivity index (χ2n) is 6.83. The smallest absolute Gasteiger partial charge is 0.254 e. The molecule has 3 heterocycles. The largest absolute Gasteiger partial charge is 0.479 e. The van der Waals surface area contributed by atoms with Crippen molar-refractivity contribution in [1.82, 2.24) is 20.4 Å². The summed E-state index contributed by atoms with van der Waals surface area (Å²) in [4.78, 5) is 8.33. The summed E-state index contributed by atoms with van der Waals surface area (Å²) in [6.07, 6.45) is 4.40. The first-order chi connectivity index (χ1) is 13.8. The molecule has 28 heavy (non-hydrogen) atoms. The fourth-order valence-corrected chi connectivity index (χ4v) is 4.97. The van der Waals surface area contributed by atoms with Gasteiger partial charge in [0, 0.05) is 32.7 Å². The Morgan fingerprint density at radius 3 is 2.36 bits per heavy atom. The van der Waals surface area contributed by atoms with Crippen molar-refractivity contribution in [3.05, 3.63) is 11.1 Å². The van der Waals surface area contributed by atoms with Crippen LogP contribution in [0.25, 0.3) is 20.4 Å². The first-order valence-electron chi connectivity index (χ1n) is 9.52. The van der Waals surface area contributed by atoms with Gasteiger partial charge in [-0.05, 0) is 42.0 Å². The Morgan fingerprint density at radius 1 is 0.964 bits per heavy atom. The Hall–Kier alpha value is -2.10. The zero-order valence-corrected chi connectivity index (χ0v) is 17.3. The number of rotatable bonds is 8. The third-order valence-corrected chi connectivity index (χ3v) is 6.27. The molecule has 1 aliphatic carbocycles. The van der Waals surface area contributed by atoms with E-state index in [-0.39, 0.29) is 0 Å². The highest BCUT2D eigenvalue weighted by atomic mass is 32.1. The monoisotopic (exact) mass is 403 g/mol. The minimum absolute atomic E-state index is 0.509. The van der Waals surface area contributed by atoms with Crippen LogP contribution in [0.1, 0.15) is 24.0 Å². The van der Waals surface area contributed by atoms with Crippen LogP contribution in [-0.2, 0) is 22.3 Å².